The minimum absolute atomic E-state index is 0.0742. The Kier molecular flexibility index (Phi) is 25.1. The van der Waals surface area contributed by atoms with Crippen LogP contribution in [0.25, 0.3) is 0 Å². The van der Waals surface area contributed by atoms with Gasteiger partial charge in [-0.25, -0.2) is 0 Å². The largest absolute Gasteiger partial charge is 0.481 e. The predicted molar refractivity (Wildman–Crippen MR) is 159 cm³/mol. The molecule has 0 fully saturated rings. The van der Waals surface area contributed by atoms with Crippen LogP contribution in [0, 0.1) is 0 Å². The van der Waals surface area contributed by atoms with E-state index in [0.29, 0.717) is 6.54 Å². The SMILES string of the molecule is CCCCCCCC/C=C/CCCCCCCCCCCCC[N+](CCC(=O)O)(CCC(=O)O)CCC(=O)O. The van der Waals surface area contributed by atoms with E-state index in [4.69, 9.17) is 15.3 Å². The fraction of sp³-hybridized carbons (Fsp3) is 0.844. The summed E-state index contributed by atoms with van der Waals surface area (Å²) < 4.78 is 0.264. The molecule has 0 heterocycles. The van der Waals surface area contributed by atoms with Gasteiger partial charge >= 0.3 is 17.9 Å². The third kappa shape index (κ3) is 26.1. The molecular weight excluding hydrogens is 494 g/mol. The smallest absolute Gasteiger partial charge is 0.309 e. The first-order valence-electron chi connectivity index (χ1n) is 16.0. The Hall–Kier alpha value is -1.89. The Morgan fingerprint density at radius 1 is 0.462 bits per heavy atom. The maximum absolute atomic E-state index is 11.1. The van der Waals surface area contributed by atoms with Crippen LogP contribution in [0.1, 0.15) is 148 Å². The first-order valence-corrected chi connectivity index (χ1v) is 16.0. The van der Waals surface area contributed by atoms with Gasteiger partial charge in [0.2, 0.25) is 0 Å². The van der Waals surface area contributed by atoms with E-state index >= 15 is 0 Å². The van der Waals surface area contributed by atoms with Crippen molar-refractivity contribution < 1.29 is 34.2 Å². The van der Waals surface area contributed by atoms with Gasteiger partial charge < -0.3 is 19.8 Å². The molecule has 7 heteroatoms. The highest BCUT2D eigenvalue weighted by atomic mass is 16.4. The Morgan fingerprint density at radius 2 is 0.769 bits per heavy atom. The van der Waals surface area contributed by atoms with E-state index < -0.39 is 17.9 Å². The number of carbonyl (C=O) groups is 3. The molecule has 7 nitrogen and oxygen atoms in total. The highest BCUT2D eigenvalue weighted by Crippen LogP contribution is 2.17. The van der Waals surface area contributed by atoms with Gasteiger partial charge in [0.1, 0.15) is 0 Å². The van der Waals surface area contributed by atoms with E-state index in [9.17, 15) is 14.4 Å². The average Bonchev–Trinajstić information content (AvgIpc) is 2.90. The van der Waals surface area contributed by atoms with Crippen LogP contribution in [0.2, 0.25) is 0 Å². The normalized spacial score (nSPS) is 11.8. The molecule has 0 atom stereocenters. The van der Waals surface area contributed by atoms with Crippen molar-refractivity contribution in [2.75, 3.05) is 26.2 Å². The Morgan fingerprint density at radius 3 is 1.10 bits per heavy atom. The summed E-state index contributed by atoms with van der Waals surface area (Å²) in [7, 11) is 0. The number of carboxylic acids is 3. The second-order valence-electron chi connectivity index (χ2n) is 11.4. The molecule has 3 N–H and O–H groups in total. The summed E-state index contributed by atoms with van der Waals surface area (Å²) in [6, 6.07) is 0. The fourth-order valence-electron chi connectivity index (χ4n) is 5.25. The van der Waals surface area contributed by atoms with E-state index in [2.05, 4.69) is 19.1 Å². The molecule has 0 saturated carbocycles. The van der Waals surface area contributed by atoms with Gasteiger partial charge in [0.15, 0.2) is 0 Å². The van der Waals surface area contributed by atoms with Crippen LogP contribution in [-0.2, 0) is 14.4 Å². The van der Waals surface area contributed by atoms with Crippen molar-refractivity contribution in [2.45, 2.75) is 148 Å². The summed E-state index contributed by atoms with van der Waals surface area (Å²) in [4.78, 5) is 33.4. The topological polar surface area (TPSA) is 112 Å². The van der Waals surface area contributed by atoms with Gasteiger partial charge in [-0.15, -0.1) is 0 Å². The van der Waals surface area contributed by atoms with Gasteiger partial charge in [-0.05, 0) is 38.5 Å². The monoisotopic (exact) mass is 554 g/mol. The molecule has 0 aliphatic heterocycles. The third-order valence-electron chi connectivity index (χ3n) is 7.79. The average molecular weight is 555 g/mol. The zero-order valence-electron chi connectivity index (χ0n) is 25.1. The quantitative estimate of drug-likeness (QED) is 0.0468. The lowest BCUT2D eigenvalue weighted by atomic mass is 10.0. The number of quaternary nitrogens is 1. The second-order valence-corrected chi connectivity index (χ2v) is 11.4. The van der Waals surface area contributed by atoms with Crippen LogP contribution in [0.3, 0.4) is 0 Å². The van der Waals surface area contributed by atoms with E-state index in [1.807, 2.05) is 0 Å². The van der Waals surface area contributed by atoms with Crippen LogP contribution in [0.5, 0.6) is 0 Å². The number of hydrogen-bond acceptors (Lipinski definition) is 3. The maximum atomic E-state index is 11.1. The molecular formula is C32H60NO6+. The van der Waals surface area contributed by atoms with E-state index in [1.165, 1.54) is 103 Å². The van der Waals surface area contributed by atoms with Crippen molar-refractivity contribution >= 4 is 17.9 Å². The van der Waals surface area contributed by atoms with Crippen LogP contribution >= 0.6 is 0 Å². The summed E-state index contributed by atoms with van der Waals surface area (Å²) in [6.07, 6.45) is 28.5. The number of aliphatic carboxylic acids is 3. The zero-order chi connectivity index (χ0) is 29.0. The first-order chi connectivity index (χ1) is 18.8. The van der Waals surface area contributed by atoms with Gasteiger partial charge in [0, 0.05) is 0 Å². The molecule has 0 aromatic rings. The molecule has 0 unspecified atom stereocenters. The molecule has 0 bridgehead atoms. The Balaban J connectivity index is 3.87. The number of rotatable bonds is 30. The summed E-state index contributed by atoms with van der Waals surface area (Å²) in [6.45, 7) is 3.75. The van der Waals surface area contributed by atoms with Crippen molar-refractivity contribution in [3.8, 4) is 0 Å². The van der Waals surface area contributed by atoms with Gasteiger partial charge in [-0.2, -0.15) is 0 Å². The number of allylic oxidation sites excluding steroid dienone is 2. The third-order valence-corrected chi connectivity index (χ3v) is 7.79. The molecule has 228 valence electrons. The van der Waals surface area contributed by atoms with E-state index in [-0.39, 0.29) is 43.4 Å². The molecule has 0 radical (unpaired) electrons. The first kappa shape index (κ1) is 37.1. The molecule has 39 heavy (non-hydrogen) atoms. The van der Waals surface area contributed by atoms with Gasteiger partial charge in [-0.1, -0.05) is 103 Å². The van der Waals surface area contributed by atoms with Crippen molar-refractivity contribution in [2.24, 2.45) is 0 Å². The number of unbranched alkanes of at least 4 members (excludes halogenated alkanes) is 17. The molecule has 0 aliphatic carbocycles. The van der Waals surface area contributed by atoms with E-state index in [0.717, 1.165) is 19.3 Å². The van der Waals surface area contributed by atoms with Crippen molar-refractivity contribution in [1.82, 2.24) is 0 Å². The summed E-state index contributed by atoms with van der Waals surface area (Å²) in [5.41, 5.74) is 0. The lowest BCUT2D eigenvalue weighted by Crippen LogP contribution is -2.52. The minimum Gasteiger partial charge on any atom is -0.481 e. The number of hydrogen-bond donors (Lipinski definition) is 3. The van der Waals surface area contributed by atoms with Crippen LogP contribution in [-0.4, -0.2) is 63.9 Å². The van der Waals surface area contributed by atoms with Crippen LogP contribution in [0.4, 0.5) is 0 Å². The Bertz CT molecular complexity index is 603. The molecule has 0 aromatic heterocycles. The molecule has 0 aliphatic rings. The maximum Gasteiger partial charge on any atom is 0.309 e. The highest BCUT2D eigenvalue weighted by Gasteiger charge is 2.29. The molecule has 0 amide bonds. The molecule has 0 spiro atoms. The summed E-state index contributed by atoms with van der Waals surface area (Å²) >= 11 is 0. The van der Waals surface area contributed by atoms with Crippen molar-refractivity contribution in [1.29, 1.82) is 0 Å². The number of nitrogens with zero attached hydrogens (tertiary/aromatic N) is 1. The second kappa shape index (κ2) is 26.3. The molecule has 0 aromatic carbocycles. The standard InChI is InChI=1S/C32H59NO6/c1-2-3-4-5-6-7-8-9-10-11-12-13-14-15-16-17-18-19-20-21-22-26-33(27-23-30(34)35,28-24-31(36)37)29-25-32(38)39/h9-10H,2-8,11-29H2,1H3,(H2-,34,35,36,37,38,39)/p+1/b10-9+. The van der Waals surface area contributed by atoms with Crippen molar-refractivity contribution in [3.63, 3.8) is 0 Å². The minimum atomic E-state index is -0.932. The van der Waals surface area contributed by atoms with Crippen molar-refractivity contribution in [3.05, 3.63) is 12.2 Å². The predicted octanol–water partition coefficient (Wildman–Crippen LogP) is 8.22. The zero-order valence-corrected chi connectivity index (χ0v) is 25.1. The fourth-order valence-corrected chi connectivity index (χ4v) is 5.25. The van der Waals surface area contributed by atoms with Gasteiger partial charge in [0.05, 0.1) is 45.4 Å². The van der Waals surface area contributed by atoms with Crippen LogP contribution in [0.15, 0.2) is 12.2 Å². The summed E-state index contributed by atoms with van der Waals surface area (Å²) in [5, 5.41) is 27.4. The lowest BCUT2D eigenvalue weighted by Gasteiger charge is -2.38. The lowest BCUT2D eigenvalue weighted by molar-refractivity contribution is -0.927. The molecule has 0 saturated heterocycles. The number of carboxylic acid groups (broad SMARTS) is 3. The Labute approximate surface area is 238 Å². The van der Waals surface area contributed by atoms with E-state index in [1.54, 1.807) is 0 Å². The highest BCUT2D eigenvalue weighted by molar-refractivity contribution is 5.67. The summed E-state index contributed by atoms with van der Waals surface area (Å²) in [5.74, 6) is -2.80. The van der Waals surface area contributed by atoms with Crippen LogP contribution < -0.4 is 0 Å². The molecule has 0 rings (SSSR count). The van der Waals surface area contributed by atoms with Gasteiger partial charge in [-0.3, -0.25) is 14.4 Å². The van der Waals surface area contributed by atoms with Gasteiger partial charge in [0.25, 0.3) is 0 Å².